The van der Waals surface area contributed by atoms with Gasteiger partial charge in [0.2, 0.25) is 0 Å². The smallest absolute Gasteiger partial charge is 0.00264 e. The summed E-state index contributed by atoms with van der Waals surface area (Å²) < 4.78 is 0. The maximum Gasteiger partial charge on any atom is -0.00264 e. The Morgan fingerprint density at radius 1 is 0.395 bits per heavy atom. The predicted octanol–water partition coefficient (Wildman–Crippen LogP) is 12.7. The molecule has 0 aliphatic carbocycles. The van der Waals surface area contributed by atoms with Crippen LogP contribution in [0.15, 0.2) is 140 Å². The molecule has 0 heteroatoms. The van der Waals surface area contributed by atoms with Gasteiger partial charge < -0.3 is 0 Å². The average molecular weight is 551 g/mol. The fraction of sp³-hybridized carbons (Fsp3) is 0.116. The molecule has 206 valence electrons. The van der Waals surface area contributed by atoms with Gasteiger partial charge in [-0.2, -0.15) is 0 Å². The van der Waals surface area contributed by atoms with Crippen molar-refractivity contribution in [3.05, 3.63) is 145 Å². The van der Waals surface area contributed by atoms with E-state index in [2.05, 4.69) is 153 Å². The molecule has 0 aliphatic heterocycles. The summed E-state index contributed by atoms with van der Waals surface area (Å²) >= 11 is 0. The topological polar surface area (TPSA) is 0 Å². The van der Waals surface area contributed by atoms with Crippen LogP contribution in [0, 0.1) is 0 Å². The summed E-state index contributed by atoms with van der Waals surface area (Å²) in [7, 11) is 0. The summed E-state index contributed by atoms with van der Waals surface area (Å²) in [6.07, 6.45) is 2.37. The molecule has 0 saturated heterocycles. The molecule has 0 amide bonds. The fourth-order valence-corrected chi connectivity index (χ4v) is 7.17. The number of hydrogen-bond donors (Lipinski definition) is 0. The zero-order valence-electron chi connectivity index (χ0n) is 24.8. The Hall–Kier alpha value is -4.94. The van der Waals surface area contributed by atoms with Crippen LogP contribution in [0.4, 0.5) is 0 Å². The molecule has 43 heavy (non-hydrogen) atoms. The Morgan fingerprint density at radius 3 is 1.74 bits per heavy atom. The van der Waals surface area contributed by atoms with Crippen LogP contribution in [0.1, 0.15) is 38.2 Å². The van der Waals surface area contributed by atoms with Crippen LogP contribution in [-0.2, 0) is 0 Å². The van der Waals surface area contributed by atoms with Gasteiger partial charge in [-0.05, 0) is 125 Å². The molecule has 8 aromatic carbocycles. The highest BCUT2D eigenvalue weighted by Gasteiger charge is 2.12. The first-order valence-electron chi connectivity index (χ1n) is 15.6. The van der Waals surface area contributed by atoms with Crippen LogP contribution in [0.25, 0.3) is 76.1 Å². The number of fused-ring (bicyclic) bond motifs is 7. The van der Waals surface area contributed by atoms with Crippen molar-refractivity contribution in [1.82, 2.24) is 0 Å². The van der Waals surface area contributed by atoms with E-state index in [9.17, 15) is 0 Å². The van der Waals surface area contributed by atoms with Gasteiger partial charge in [0.05, 0.1) is 0 Å². The summed E-state index contributed by atoms with van der Waals surface area (Å²) in [4.78, 5) is 0. The first kappa shape index (κ1) is 25.7. The lowest BCUT2D eigenvalue weighted by Crippen LogP contribution is -1.95. The monoisotopic (exact) mass is 550 g/mol. The van der Waals surface area contributed by atoms with E-state index in [-0.39, 0.29) is 0 Å². The van der Waals surface area contributed by atoms with Crippen LogP contribution in [-0.4, -0.2) is 0 Å². The highest BCUT2D eigenvalue weighted by Crippen LogP contribution is 2.39. The van der Waals surface area contributed by atoms with E-state index in [1.165, 1.54) is 94.5 Å². The molecule has 0 spiro atoms. The van der Waals surface area contributed by atoms with E-state index >= 15 is 0 Å². The molecule has 0 heterocycles. The van der Waals surface area contributed by atoms with Crippen molar-refractivity contribution < 1.29 is 0 Å². The van der Waals surface area contributed by atoms with Gasteiger partial charge in [0.25, 0.3) is 0 Å². The van der Waals surface area contributed by atoms with Crippen LogP contribution >= 0.6 is 0 Å². The molecule has 0 saturated carbocycles. The fourth-order valence-electron chi connectivity index (χ4n) is 7.17. The van der Waals surface area contributed by atoms with Crippen LogP contribution in [0.5, 0.6) is 0 Å². The minimum atomic E-state index is 0.637. The standard InChI is InChI=1S/C43H34/c1-3-28(4-2)31-17-18-33-24-34(20-19-32(33)23-31)35-16-13-29-14-21-36(26-38(29)25-35)42-27-37-22-15-30-9-5-6-10-39(30)43(37)41-12-8-7-11-40(41)42/h5-28H,3-4H2,1-2H3. The van der Waals surface area contributed by atoms with Crippen molar-refractivity contribution in [2.75, 3.05) is 0 Å². The molecule has 8 rings (SSSR count). The van der Waals surface area contributed by atoms with E-state index < -0.39 is 0 Å². The van der Waals surface area contributed by atoms with E-state index in [0.29, 0.717) is 5.92 Å². The van der Waals surface area contributed by atoms with Gasteiger partial charge in [-0.15, -0.1) is 0 Å². The molecule has 0 atom stereocenters. The minimum Gasteiger partial charge on any atom is -0.0648 e. The Labute approximate surface area is 253 Å². The molecule has 0 fully saturated rings. The Bertz CT molecular complexity index is 2320. The van der Waals surface area contributed by atoms with Crippen LogP contribution in [0.2, 0.25) is 0 Å². The normalized spacial score (nSPS) is 11.9. The van der Waals surface area contributed by atoms with E-state index in [0.717, 1.165) is 0 Å². The quantitative estimate of drug-likeness (QED) is 0.187. The maximum absolute atomic E-state index is 2.39. The van der Waals surface area contributed by atoms with Crippen molar-refractivity contribution in [3.8, 4) is 22.3 Å². The van der Waals surface area contributed by atoms with Crippen LogP contribution in [0.3, 0.4) is 0 Å². The number of rotatable bonds is 5. The third kappa shape index (κ3) is 4.37. The van der Waals surface area contributed by atoms with Crippen molar-refractivity contribution >= 4 is 53.9 Å². The first-order valence-corrected chi connectivity index (χ1v) is 15.6. The Kier molecular flexibility index (Phi) is 6.23. The second-order valence-electron chi connectivity index (χ2n) is 12.0. The molecular formula is C43H34. The van der Waals surface area contributed by atoms with Gasteiger partial charge in [0.1, 0.15) is 0 Å². The number of hydrogen-bond acceptors (Lipinski definition) is 0. The summed E-state index contributed by atoms with van der Waals surface area (Å²) in [5.74, 6) is 0.637. The number of benzene rings is 8. The van der Waals surface area contributed by atoms with E-state index in [1.807, 2.05) is 0 Å². The maximum atomic E-state index is 2.39. The summed E-state index contributed by atoms with van der Waals surface area (Å²) in [6, 6.07) is 52.3. The summed E-state index contributed by atoms with van der Waals surface area (Å²) in [6.45, 7) is 4.58. The third-order valence-corrected chi connectivity index (χ3v) is 9.55. The summed E-state index contributed by atoms with van der Waals surface area (Å²) in [5, 5.41) is 13.0. The largest absolute Gasteiger partial charge is 0.0648 e. The zero-order valence-corrected chi connectivity index (χ0v) is 24.8. The predicted molar refractivity (Wildman–Crippen MR) is 188 cm³/mol. The average Bonchev–Trinajstić information content (AvgIpc) is 3.07. The molecule has 0 aliphatic rings. The minimum absolute atomic E-state index is 0.637. The molecule has 0 N–H and O–H groups in total. The first-order chi connectivity index (χ1) is 21.2. The molecular weight excluding hydrogens is 516 g/mol. The molecule has 0 nitrogen and oxygen atoms in total. The van der Waals surface area contributed by atoms with Crippen LogP contribution < -0.4 is 0 Å². The summed E-state index contributed by atoms with van der Waals surface area (Å²) in [5.41, 5.74) is 6.51. The van der Waals surface area contributed by atoms with E-state index in [4.69, 9.17) is 0 Å². The lowest BCUT2D eigenvalue weighted by molar-refractivity contribution is 0.643. The second kappa shape index (κ2) is 10.4. The van der Waals surface area contributed by atoms with Gasteiger partial charge >= 0.3 is 0 Å². The zero-order chi connectivity index (χ0) is 28.9. The molecule has 0 radical (unpaired) electrons. The van der Waals surface area contributed by atoms with Crippen molar-refractivity contribution in [3.63, 3.8) is 0 Å². The SMILES string of the molecule is CCC(CC)c1ccc2cc(-c3ccc4ccc(-c5cc6ccc7ccccc7c6c6ccccc56)cc4c3)ccc2c1. The van der Waals surface area contributed by atoms with Gasteiger partial charge in [-0.3, -0.25) is 0 Å². The lowest BCUT2D eigenvalue weighted by Gasteiger charge is -2.14. The Morgan fingerprint density at radius 2 is 0.953 bits per heavy atom. The third-order valence-electron chi connectivity index (χ3n) is 9.55. The van der Waals surface area contributed by atoms with Crippen molar-refractivity contribution in [1.29, 1.82) is 0 Å². The molecule has 0 unspecified atom stereocenters. The van der Waals surface area contributed by atoms with Gasteiger partial charge in [-0.25, -0.2) is 0 Å². The lowest BCUT2D eigenvalue weighted by atomic mass is 9.89. The van der Waals surface area contributed by atoms with Crippen molar-refractivity contribution in [2.24, 2.45) is 0 Å². The Balaban J connectivity index is 1.25. The van der Waals surface area contributed by atoms with Crippen molar-refractivity contribution in [2.45, 2.75) is 32.6 Å². The van der Waals surface area contributed by atoms with Gasteiger partial charge in [0.15, 0.2) is 0 Å². The van der Waals surface area contributed by atoms with E-state index in [1.54, 1.807) is 0 Å². The molecule has 0 aromatic heterocycles. The second-order valence-corrected chi connectivity index (χ2v) is 12.0. The van der Waals surface area contributed by atoms with Gasteiger partial charge in [0, 0.05) is 0 Å². The van der Waals surface area contributed by atoms with Gasteiger partial charge in [-0.1, -0.05) is 129 Å². The highest BCUT2D eigenvalue weighted by molar-refractivity contribution is 6.23. The highest BCUT2D eigenvalue weighted by atomic mass is 14.2. The molecule has 0 bridgehead atoms. The molecule has 8 aromatic rings.